The third-order valence-corrected chi connectivity index (χ3v) is 9.57. The topological polar surface area (TPSA) is 46.9 Å². The van der Waals surface area contributed by atoms with Gasteiger partial charge in [0.1, 0.15) is 0 Å². The second-order valence-corrected chi connectivity index (χ2v) is 13.2. The zero-order chi connectivity index (χ0) is 34.4. The third-order valence-electron chi connectivity index (χ3n) is 9.57. The molecule has 0 aliphatic heterocycles. The summed E-state index contributed by atoms with van der Waals surface area (Å²) in [6, 6.07) is 61.7. The summed E-state index contributed by atoms with van der Waals surface area (Å²) in [5, 5.41) is 25.4. The zero-order valence-electron chi connectivity index (χ0n) is 28.7. The molecule has 4 heteroatoms. The molecule has 6 aromatic rings. The Hall–Kier alpha value is -4.84. The van der Waals surface area contributed by atoms with E-state index in [9.17, 15) is 10.2 Å². The largest absolute Gasteiger partial charge is 0.389 e. The fourth-order valence-corrected chi connectivity index (χ4v) is 6.95. The fraction of sp³-hybridized carbons (Fsp3) is 0.217. The van der Waals surface area contributed by atoms with Crippen LogP contribution in [-0.2, 0) is 39.0 Å². The minimum Gasteiger partial charge on any atom is -0.389 e. The van der Waals surface area contributed by atoms with E-state index in [-0.39, 0.29) is 12.1 Å². The maximum atomic E-state index is 12.7. The molecule has 0 spiro atoms. The number of aliphatic hydroxyl groups is 2. The Balaban J connectivity index is 1.40. The lowest BCUT2D eigenvalue weighted by Crippen LogP contribution is -2.56. The van der Waals surface area contributed by atoms with Crippen LogP contribution in [0, 0.1) is 0 Å². The van der Waals surface area contributed by atoms with Crippen molar-refractivity contribution in [2.45, 2.75) is 63.3 Å². The normalized spacial score (nSPS) is 13.9. The molecule has 0 aliphatic carbocycles. The van der Waals surface area contributed by atoms with Gasteiger partial charge in [-0.15, -0.1) is 0 Å². The summed E-state index contributed by atoms with van der Waals surface area (Å²) in [4.78, 5) is 4.70. The molecule has 0 unspecified atom stereocenters. The lowest BCUT2D eigenvalue weighted by atomic mass is 9.88. The smallest absolute Gasteiger partial charge is 0.0972 e. The molecule has 0 radical (unpaired) electrons. The van der Waals surface area contributed by atoms with Crippen LogP contribution in [0.3, 0.4) is 0 Å². The fourth-order valence-electron chi connectivity index (χ4n) is 6.95. The molecule has 4 atom stereocenters. The standard InChI is InChI=1S/C46H48N2O2/c49-45(43(31-37-19-7-1-8-20-37)47(33-39-23-11-3-12-24-39)34-40-25-13-4-14-26-40)46(50)44(32-38-21-9-2-10-22-38)48(35-41-27-15-5-16-28-41)36-42-29-17-6-18-30-42/h1-30,43-46,49-50H,31-36H2/t43-,44-,45-,46-/m0/s1. The Labute approximate surface area is 297 Å². The van der Waals surface area contributed by atoms with Crippen LogP contribution in [0.1, 0.15) is 33.4 Å². The molecule has 0 amide bonds. The van der Waals surface area contributed by atoms with Gasteiger partial charge in [0.2, 0.25) is 0 Å². The number of hydrogen-bond donors (Lipinski definition) is 2. The van der Waals surface area contributed by atoms with Gasteiger partial charge in [0.05, 0.1) is 12.2 Å². The molecular weight excluding hydrogens is 613 g/mol. The highest BCUT2D eigenvalue weighted by Gasteiger charge is 2.38. The molecule has 0 aromatic heterocycles. The lowest BCUT2D eigenvalue weighted by Gasteiger charge is -2.42. The van der Waals surface area contributed by atoms with Crippen molar-refractivity contribution in [3.05, 3.63) is 215 Å². The number of rotatable bonds is 17. The van der Waals surface area contributed by atoms with Gasteiger partial charge in [-0.1, -0.05) is 182 Å². The lowest BCUT2D eigenvalue weighted by molar-refractivity contribution is -0.0821. The summed E-state index contributed by atoms with van der Waals surface area (Å²) in [5.41, 5.74) is 6.91. The maximum Gasteiger partial charge on any atom is 0.0972 e. The van der Waals surface area contributed by atoms with Crippen molar-refractivity contribution in [3.8, 4) is 0 Å². The molecule has 6 aromatic carbocycles. The molecule has 4 nitrogen and oxygen atoms in total. The highest BCUT2D eigenvalue weighted by molar-refractivity contribution is 5.23. The van der Waals surface area contributed by atoms with E-state index in [0.717, 1.165) is 11.1 Å². The van der Waals surface area contributed by atoms with Gasteiger partial charge in [0.15, 0.2) is 0 Å². The van der Waals surface area contributed by atoms with Gasteiger partial charge in [0, 0.05) is 38.3 Å². The van der Waals surface area contributed by atoms with Crippen LogP contribution in [0.2, 0.25) is 0 Å². The second-order valence-electron chi connectivity index (χ2n) is 13.2. The summed E-state index contributed by atoms with van der Waals surface area (Å²) in [6.07, 6.45) is -0.918. The van der Waals surface area contributed by atoms with E-state index in [2.05, 4.69) is 131 Å². The SMILES string of the molecule is O[C@H]([C@@H](O)[C@H](Cc1ccccc1)N(Cc1ccccc1)Cc1ccccc1)[C@H](Cc1ccccc1)N(Cc1ccccc1)Cc1ccccc1. The highest BCUT2D eigenvalue weighted by Crippen LogP contribution is 2.27. The Morgan fingerprint density at radius 1 is 0.300 bits per heavy atom. The molecular formula is C46H48N2O2. The van der Waals surface area contributed by atoms with Gasteiger partial charge in [-0.05, 0) is 46.2 Å². The van der Waals surface area contributed by atoms with Crippen molar-refractivity contribution in [1.82, 2.24) is 9.80 Å². The molecule has 6 rings (SSSR count). The number of hydrogen-bond acceptors (Lipinski definition) is 4. The van der Waals surface area contributed by atoms with Gasteiger partial charge in [-0.25, -0.2) is 0 Å². The van der Waals surface area contributed by atoms with E-state index >= 15 is 0 Å². The zero-order valence-corrected chi connectivity index (χ0v) is 28.7. The van der Waals surface area contributed by atoms with Gasteiger partial charge in [-0.2, -0.15) is 0 Å². The molecule has 0 heterocycles. The van der Waals surface area contributed by atoms with E-state index in [4.69, 9.17) is 0 Å². The molecule has 254 valence electrons. The Bertz CT molecular complexity index is 1570. The Morgan fingerprint density at radius 3 is 0.720 bits per heavy atom. The number of nitrogens with zero attached hydrogens (tertiary/aromatic N) is 2. The quantitative estimate of drug-likeness (QED) is 0.103. The van der Waals surface area contributed by atoms with Crippen molar-refractivity contribution < 1.29 is 10.2 Å². The summed E-state index contributed by atoms with van der Waals surface area (Å²) in [5.74, 6) is 0. The average Bonchev–Trinajstić information content (AvgIpc) is 3.17. The Kier molecular flexibility index (Phi) is 12.8. The summed E-state index contributed by atoms with van der Waals surface area (Å²) < 4.78 is 0. The molecule has 0 saturated carbocycles. The summed E-state index contributed by atoms with van der Waals surface area (Å²) >= 11 is 0. The van der Waals surface area contributed by atoms with E-state index in [1.807, 2.05) is 60.7 Å². The van der Waals surface area contributed by atoms with Crippen LogP contribution >= 0.6 is 0 Å². The van der Waals surface area contributed by atoms with E-state index in [0.29, 0.717) is 39.0 Å². The first-order valence-electron chi connectivity index (χ1n) is 17.7. The van der Waals surface area contributed by atoms with E-state index in [1.165, 1.54) is 22.3 Å². The first-order chi connectivity index (χ1) is 24.6. The van der Waals surface area contributed by atoms with Crippen molar-refractivity contribution in [3.63, 3.8) is 0 Å². The van der Waals surface area contributed by atoms with Crippen molar-refractivity contribution in [2.24, 2.45) is 0 Å². The highest BCUT2D eigenvalue weighted by atomic mass is 16.3. The maximum absolute atomic E-state index is 12.7. The van der Waals surface area contributed by atoms with Crippen LogP contribution < -0.4 is 0 Å². The first kappa shape index (κ1) is 35.0. The first-order valence-corrected chi connectivity index (χ1v) is 17.7. The van der Waals surface area contributed by atoms with Crippen LogP contribution in [0.4, 0.5) is 0 Å². The number of aliphatic hydroxyl groups excluding tert-OH is 2. The predicted octanol–water partition coefficient (Wildman–Crippen LogP) is 8.34. The van der Waals surface area contributed by atoms with E-state index in [1.54, 1.807) is 0 Å². The van der Waals surface area contributed by atoms with Gasteiger partial charge < -0.3 is 10.2 Å². The average molecular weight is 661 g/mol. The van der Waals surface area contributed by atoms with Crippen molar-refractivity contribution in [1.29, 1.82) is 0 Å². The number of benzene rings is 6. The van der Waals surface area contributed by atoms with Crippen LogP contribution in [-0.4, -0.2) is 44.3 Å². The molecule has 2 N–H and O–H groups in total. The molecule has 0 aliphatic rings. The van der Waals surface area contributed by atoms with Crippen molar-refractivity contribution >= 4 is 0 Å². The molecule has 0 bridgehead atoms. The monoisotopic (exact) mass is 660 g/mol. The molecule has 0 fully saturated rings. The summed E-state index contributed by atoms with van der Waals surface area (Å²) in [7, 11) is 0. The predicted molar refractivity (Wildman–Crippen MR) is 204 cm³/mol. The minimum atomic E-state index is -1.05. The Morgan fingerprint density at radius 2 is 0.500 bits per heavy atom. The van der Waals surface area contributed by atoms with Gasteiger partial charge in [-0.3, -0.25) is 9.80 Å². The third kappa shape index (κ3) is 10.1. The van der Waals surface area contributed by atoms with E-state index < -0.39 is 12.2 Å². The minimum absolute atomic E-state index is 0.374. The van der Waals surface area contributed by atoms with Crippen molar-refractivity contribution in [2.75, 3.05) is 0 Å². The molecule has 50 heavy (non-hydrogen) atoms. The van der Waals surface area contributed by atoms with Crippen LogP contribution in [0.15, 0.2) is 182 Å². The second kappa shape index (κ2) is 18.2. The molecule has 0 saturated heterocycles. The van der Waals surface area contributed by atoms with Crippen LogP contribution in [0.5, 0.6) is 0 Å². The summed E-state index contributed by atoms with van der Waals surface area (Å²) in [6.45, 7) is 2.55. The van der Waals surface area contributed by atoms with Gasteiger partial charge >= 0.3 is 0 Å². The van der Waals surface area contributed by atoms with Crippen LogP contribution in [0.25, 0.3) is 0 Å². The van der Waals surface area contributed by atoms with Gasteiger partial charge in [0.25, 0.3) is 0 Å².